The number of hydrogen-bond donors (Lipinski definition) is 1. The third-order valence-corrected chi connectivity index (χ3v) is 6.12. The maximum absolute atomic E-state index is 12.3. The topological polar surface area (TPSA) is 37.3 Å². The molecule has 2 nitrogen and oxygen atoms in total. The summed E-state index contributed by atoms with van der Waals surface area (Å²) in [6.45, 7) is 10.9. The minimum absolute atomic E-state index is 0.0497. The van der Waals surface area contributed by atoms with E-state index in [0.29, 0.717) is 36.2 Å². The second-order valence-electron chi connectivity index (χ2n) is 8.61. The fourth-order valence-electron chi connectivity index (χ4n) is 5.23. The summed E-state index contributed by atoms with van der Waals surface area (Å²) in [6.07, 6.45) is 3.52. The summed E-state index contributed by atoms with van der Waals surface area (Å²) >= 11 is 0. The molecule has 1 aromatic carbocycles. The molecule has 2 aliphatic rings. The lowest BCUT2D eigenvalue weighted by atomic mass is 9.50. The van der Waals surface area contributed by atoms with Gasteiger partial charge in [0.1, 0.15) is 11.5 Å². The average molecular weight is 300 g/mol. The molecule has 1 fully saturated rings. The number of benzene rings is 1. The Kier molecular flexibility index (Phi) is 3.43. The zero-order chi connectivity index (χ0) is 16.3. The average Bonchev–Trinajstić information content (AvgIpc) is 2.36. The number of fused-ring (bicyclic) bond motifs is 3. The number of aromatic hydroxyl groups is 1. The lowest BCUT2D eigenvalue weighted by Crippen LogP contribution is -2.50. The van der Waals surface area contributed by atoms with Crippen LogP contribution in [-0.2, 0) is 16.6 Å². The summed E-state index contributed by atoms with van der Waals surface area (Å²) in [5, 5.41) is 10.5. The molecule has 2 heteroatoms. The SMILES string of the molecule is CC(C)c1cc2c(cc1O)[C@@]1(C)CC(=O)CC(C)(C)[C@@H]1CC2. The van der Waals surface area contributed by atoms with Crippen molar-refractivity contribution in [3.05, 3.63) is 28.8 Å². The summed E-state index contributed by atoms with van der Waals surface area (Å²) in [6, 6.07) is 4.15. The highest BCUT2D eigenvalue weighted by molar-refractivity contribution is 5.82. The van der Waals surface area contributed by atoms with E-state index in [9.17, 15) is 9.90 Å². The van der Waals surface area contributed by atoms with Crippen molar-refractivity contribution in [2.45, 2.75) is 71.6 Å². The lowest BCUT2D eigenvalue weighted by Gasteiger charge is -2.53. The van der Waals surface area contributed by atoms with Gasteiger partial charge in [-0.15, -0.1) is 0 Å². The molecule has 0 unspecified atom stereocenters. The Morgan fingerprint density at radius 2 is 1.86 bits per heavy atom. The molecule has 120 valence electrons. The van der Waals surface area contributed by atoms with Gasteiger partial charge < -0.3 is 5.11 Å². The van der Waals surface area contributed by atoms with Crippen molar-refractivity contribution in [2.24, 2.45) is 11.3 Å². The van der Waals surface area contributed by atoms with Crippen molar-refractivity contribution < 1.29 is 9.90 Å². The predicted molar refractivity (Wildman–Crippen MR) is 89.4 cm³/mol. The van der Waals surface area contributed by atoms with Gasteiger partial charge in [-0.2, -0.15) is 0 Å². The van der Waals surface area contributed by atoms with E-state index in [-0.39, 0.29) is 10.8 Å². The zero-order valence-corrected chi connectivity index (χ0v) is 14.5. The smallest absolute Gasteiger partial charge is 0.134 e. The molecule has 22 heavy (non-hydrogen) atoms. The molecule has 1 saturated carbocycles. The maximum atomic E-state index is 12.3. The van der Waals surface area contributed by atoms with Crippen molar-refractivity contribution in [2.75, 3.05) is 0 Å². The molecule has 0 saturated heterocycles. The Hall–Kier alpha value is -1.31. The van der Waals surface area contributed by atoms with Gasteiger partial charge in [0.15, 0.2) is 0 Å². The molecule has 0 heterocycles. The zero-order valence-electron chi connectivity index (χ0n) is 14.5. The van der Waals surface area contributed by atoms with E-state index in [1.165, 1.54) is 11.1 Å². The standard InChI is InChI=1S/C20H28O2/c1-12(2)15-8-13-6-7-18-19(3,4)10-14(21)11-20(18,5)16(13)9-17(15)22/h8-9,12,18,22H,6-7,10-11H2,1-5H3/t18-,20+/m0/s1. The van der Waals surface area contributed by atoms with Gasteiger partial charge in [-0.1, -0.05) is 40.7 Å². The first-order valence-corrected chi connectivity index (χ1v) is 8.53. The van der Waals surface area contributed by atoms with E-state index in [1.54, 1.807) is 0 Å². The van der Waals surface area contributed by atoms with E-state index in [4.69, 9.17) is 0 Å². The summed E-state index contributed by atoms with van der Waals surface area (Å²) in [4.78, 5) is 12.3. The molecule has 0 aromatic heterocycles. The van der Waals surface area contributed by atoms with Gasteiger partial charge in [0, 0.05) is 18.3 Å². The number of carbonyl (C=O) groups excluding carboxylic acids is 1. The van der Waals surface area contributed by atoms with Crippen molar-refractivity contribution in [1.82, 2.24) is 0 Å². The number of Topliss-reactive ketones (excluding diaryl/α,β-unsaturated/α-hetero) is 1. The Morgan fingerprint density at radius 1 is 1.18 bits per heavy atom. The third kappa shape index (κ3) is 2.19. The van der Waals surface area contributed by atoms with Crippen molar-refractivity contribution in [3.63, 3.8) is 0 Å². The molecule has 0 bridgehead atoms. The van der Waals surface area contributed by atoms with Gasteiger partial charge in [0.05, 0.1) is 0 Å². The molecular weight excluding hydrogens is 272 g/mol. The van der Waals surface area contributed by atoms with Crippen LogP contribution in [-0.4, -0.2) is 10.9 Å². The Bertz CT molecular complexity index is 627. The molecular formula is C20H28O2. The number of aryl methyl sites for hydroxylation is 1. The highest BCUT2D eigenvalue weighted by atomic mass is 16.3. The Balaban J connectivity index is 2.16. The Morgan fingerprint density at radius 3 is 2.50 bits per heavy atom. The van der Waals surface area contributed by atoms with Crippen LogP contribution < -0.4 is 0 Å². The molecule has 1 N–H and O–H groups in total. The molecule has 2 aliphatic carbocycles. The van der Waals surface area contributed by atoms with Crippen LogP contribution in [0.3, 0.4) is 0 Å². The number of phenolic OH excluding ortho intramolecular Hbond substituents is 1. The van der Waals surface area contributed by atoms with Crippen LogP contribution in [0.2, 0.25) is 0 Å². The fraction of sp³-hybridized carbons (Fsp3) is 0.650. The molecule has 0 aliphatic heterocycles. The van der Waals surface area contributed by atoms with E-state index < -0.39 is 0 Å². The monoisotopic (exact) mass is 300 g/mol. The molecule has 2 atom stereocenters. The van der Waals surface area contributed by atoms with Crippen LogP contribution >= 0.6 is 0 Å². The second kappa shape index (κ2) is 4.84. The first kappa shape index (κ1) is 15.6. The normalized spacial score (nSPS) is 30.1. The molecule has 0 spiro atoms. The number of carbonyl (C=O) groups is 1. The summed E-state index contributed by atoms with van der Waals surface area (Å²) < 4.78 is 0. The molecule has 1 aromatic rings. The van der Waals surface area contributed by atoms with Gasteiger partial charge >= 0.3 is 0 Å². The van der Waals surface area contributed by atoms with E-state index in [2.05, 4.69) is 40.7 Å². The van der Waals surface area contributed by atoms with Gasteiger partial charge in [0.25, 0.3) is 0 Å². The summed E-state index contributed by atoms with van der Waals surface area (Å²) in [5.41, 5.74) is 3.51. The van der Waals surface area contributed by atoms with E-state index >= 15 is 0 Å². The number of phenols is 1. The van der Waals surface area contributed by atoms with Crippen molar-refractivity contribution >= 4 is 5.78 Å². The highest BCUT2D eigenvalue weighted by Crippen LogP contribution is 2.56. The number of ketones is 1. The fourth-order valence-corrected chi connectivity index (χ4v) is 5.23. The minimum Gasteiger partial charge on any atom is -0.508 e. The number of hydrogen-bond acceptors (Lipinski definition) is 2. The van der Waals surface area contributed by atoms with Gasteiger partial charge in [-0.3, -0.25) is 4.79 Å². The highest BCUT2D eigenvalue weighted by Gasteiger charge is 2.52. The van der Waals surface area contributed by atoms with Crippen molar-refractivity contribution in [1.29, 1.82) is 0 Å². The second-order valence-corrected chi connectivity index (χ2v) is 8.61. The van der Waals surface area contributed by atoms with Gasteiger partial charge in [-0.25, -0.2) is 0 Å². The lowest BCUT2D eigenvalue weighted by molar-refractivity contribution is -0.129. The van der Waals surface area contributed by atoms with E-state index in [0.717, 1.165) is 18.4 Å². The van der Waals surface area contributed by atoms with Crippen LogP contribution in [0.25, 0.3) is 0 Å². The number of rotatable bonds is 1. The summed E-state index contributed by atoms with van der Waals surface area (Å²) in [7, 11) is 0. The van der Waals surface area contributed by atoms with E-state index in [1.807, 2.05) is 6.07 Å². The van der Waals surface area contributed by atoms with Crippen LogP contribution in [0.4, 0.5) is 0 Å². The quantitative estimate of drug-likeness (QED) is 0.814. The summed E-state index contributed by atoms with van der Waals surface area (Å²) in [5.74, 6) is 1.59. The van der Waals surface area contributed by atoms with Crippen LogP contribution in [0.15, 0.2) is 12.1 Å². The van der Waals surface area contributed by atoms with Crippen LogP contribution in [0.1, 0.15) is 76.5 Å². The molecule has 0 radical (unpaired) electrons. The molecule has 3 rings (SSSR count). The van der Waals surface area contributed by atoms with Gasteiger partial charge in [-0.05, 0) is 52.8 Å². The third-order valence-electron chi connectivity index (χ3n) is 6.12. The van der Waals surface area contributed by atoms with Crippen LogP contribution in [0, 0.1) is 11.3 Å². The first-order chi connectivity index (χ1) is 10.1. The van der Waals surface area contributed by atoms with Gasteiger partial charge in [0.2, 0.25) is 0 Å². The van der Waals surface area contributed by atoms with Crippen LogP contribution in [0.5, 0.6) is 5.75 Å². The minimum atomic E-state index is -0.126. The Labute approximate surface area is 133 Å². The predicted octanol–water partition coefficient (Wildman–Crippen LogP) is 4.72. The van der Waals surface area contributed by atoms with Crippen molar-refractivity contribution in [3.8, 4) is 5.75 Å². The maximum Gasteiger partial charge on any atom is 0.134 e. The first-order valence-electron chi connectivity index (χ1n) is 8.53. The molecule has 0 amide bonds. The largest absolute Gasteiger partial charge is 0.508 e.